The average Bonchev–Trinajstić information content (AvgIpc) is 2.95. The zero-order chi connectivity index (χ0) is 27.1. The van der Waals surface area contributed by atoms with Crippen molar-refractivity contribution in [3.63, 3.8) is 0 Å². The van der Waals surface area contributed by atoms with Gasteiger partial charge in [-0.05, 0) is 72.4 Å². The summed E-state index contributed by atoms with van der Waals surface area (Å²) in [5, 5.41) is 2.50. The third-order valence-electron chi connectivity index (χ3n) is 6.44. The highest BCUT2D eigenvalue weighted by Gasteiger charge is 2.35. The highest BCUT2D eigenvalue weighted by atomic mass is 32.1. The molecule has 7 nitrogen and oxygen atoms in total. The van der Waals surface area contributed by atoms with Crippen LogP contribution < -0.4 is 15.0 Å². The summed E-state index contributed by atoms with van der Waals surface area (Å²) in [5.41, 5.74) is 1.88. The molecular formula is C31H18N2O5S. The molecule has 1 saturated heterocycles. The predicted molar refractivity (Wildman–Crippen MR) is 149 cm³/mol. The number of rotatable bonds is 4. The number of hydrogen-bond donors (Lipinski definition) is 1. The lowest BCUT2D eigenvalue weighted by Gasteiger charge is -2.29. The summed E-state index contributed by atoms with van der Waals surface area (Å²) in [4.78, 5) is 53.4. The highest BCUT2D eigenvalue weighted by molar-refractivity contribution is 7.80. The first-order valence-corrected chi connectivity index (χ1v) is 12.4. The predicted octanol–water partition coefficient (Wildman–Crippen LogP) is 5.09. The van der Waals surface area contributed by atoms with E-state index in [2.05, 4.69) is 5.32 Å². The van der Waals surface area contributed by atoms with Crippen LogP contribution in [-0.2, 0) is 9.59 Å². The van der Waals surface area contributed by atoms with E-state index in [-0.39, 0.29) is 33.4 Å². The Bertz CT molecular complexity index is 1740. The minimum atomic E-state index is -0.657. The Morgan fingerprint density at radius 3 is 1.95 bits per heavy atom. The first-order valence-electron chi connectivity index (χ1n) is 12.0. The molecule has 1 aliphatic carbocycles. The van der Waals surface area contributed by atoms with Crippen molar-refractivity contribution in [2.24, 2.45) is 0 Å². The second-order valence-electron chi connectivity index (χ2n) is 8.88. The standard InChI is InChI=1S/C31H18N2O5S/c34-27-22-8-4-5-9-23(22)28(35)25-16-18(10-15-24(25)27)17-26-29(36)32-31(39)33(30(26)37)19-11-13-21(14-12-19)38-20-6-2-1-3-7-20/h1-17H,(H,32,36,39)/b26-17+. The number of ketones is 2. The van der Waals surface area contributed by atoms with Gasteiger partial charge in [0, 0.05) is 22.3 Å². The Kier molecular flexibility index (Phi) is 5.94. The van der Waals surface area contributed by atoms with Crippen LogP contribution in [0.25, 0.3) is 6.08 Å². The molecule has 0 radical (unpaired) electrons. The van der Waals surface area contributed by atoms with Crippen LogP contribution >= 0.6 is 12.2 Å². The first-order chi connectivity index (χ1) is 18.9. The molecule has 2 amide bonds. The number of carbonyl (C=O) groups is 4. The molecule has 1 heterocycles. The Morgan fingerprint density at radius 2 is 1.26 bits per heavy atom. The second-order valence-corrected chi connectivity index (χ2v) is 9.26. The van der Waals surface area contributed by atoms with Crippen molar-refractivity contribution in [2.75, 3.05) is 4.90 Å². The number of benzene rings is 4. The lowest BCUT2D eigenvalue weighted by atomic mass is 9.83. The van der Waals surface area contributed by atoms with Gasteiger partial charge in [-0.2, -0.15) is 0 Å². The minimum Gasteiger partial charge on any atom is -0.457 e. The van der Waals surface area contributed by atoms with Crippen LogP contribution in [0, 0.1) is 0 Å². The van der Waals surface area contributed by atoms with E-state index in [1.807, 2.05) is 30.3 Å². The quantitative estimate of drug-likeness (QED) is 0.198. The van der Waals surface area contributed by atoms with Gasteiger partial charge in [-0.3, -0.25) is 29.4 Å². The molecule has 4 aromatic rings. The zero-order valence-electron chi connectivity index (χ0n) is 20.2. The summed E-state index contributed by atoms with van der Waals surface area (Å²) in [6, 6.07) is 27.3. The number of fused-ring (bicyclic) bond motifs is 2. The van der Waals surface area contributed by atoms with E-state index in [9.17, 15) is 19.2 Å². The fourth-order valence-electron chi connectivity index (χ4n) is 4.55. The Balaban J connectivity index is 1.30. The van der Waals surface area contributed by atoms with E-state index in [1.54, 1.807) is 54.6 Å². The van der Waals surface area contributed by atoms with Crippen molar-refractivity contribution in [3.8, 4) is 11.5 Å². The van der Waals surface area contributed by atoms with Gasteiger partial charge in [0.15, 0.2) is 16.7 Å². The SMILES string of the molecule is O=C1NC(=S)N(c2ccc(Oc3ccccc3)cc2)C(=O)/C1=C/c1ccc2c(c1)C(=O)c1ccccc1C2=O. The van der Waals surface area contributed by atoms with Crippen molar-refractivity contribution in [1.82, 2.24) is 5.32 Å². The number of para-hydroxylation sites is 1. The van der Waals surface area contributed by atoms with Crippen LogP contribution in [0.3, 0.4) is 0 Å². The van der Waals surface area contributed by atoms with E-state index < -0.39 is 11.8 Å². The molecule has 0 saturated carbocycles. The summed E-state index contributed by atoms with van der Waals surface area (Å²) < 4.78 is 5.81. The molecule has 0 atom stereocenters. The Hall–Kier alpha value is -5.21. The van der Waals surface area contributed by atoms with Crippen LogP contribution in [0.1, 0.15) is 37.4 Å². The van der Waals surface area contributed by atoms with Gasteiger partial charge in [0.2, 0.25) is 0 Å². The topological polar surface area (TPSA) is 92.8 Å². The second kappa shape index (κ2) is 9.59. The van der Waals surface area contributed by atoms with Gasteiger partial charge in [0.05, 0.1) is 5.69 Å². The molecule has 0 aromatic heterocycles. The number of nitrogens with zero attached hydrogens (tertiary/aromatic N) is 1. The molecule has 8 heteroatoms. The van der Waals surface area contributed by atoms with Gasteiger partial charge in [-0.25, -0.2) is 0 Å². The van der Waals surface area contributed by atoms with Gasteiger partial charge >= 0.3 is 0 Å². The van der Waals surface area contributed by atoms with Gasteiger partial charge in [0.25, 0.3) is 11.8 Å². The molecule has 188 valence electrons. The van der Waals surface area contributed by atoms with Crippen molar-refractivity contribution in [2.45, 2.75) is 0 Å². The summed E-state index contributed by atoms with van der Waals surface area (Å²) in [7, 11) is 0. The van der Waals surface area contributed by atoms with Crippen molar-refractivity contribution < 1.29 is 23.9 Å². The fraction of sp³-hybridized carbons (Fsp3) is 0. The van der Waals surface area contributed by atoms with Gasteiger partial charge in [-0.15, -0.1) is 0 Å². The molecule has 0 bridgehead atoms. The third kappa shape index (κ3) is 4.32. The smallest absolute Gasteiger partial charge is 0.270 e. The van der Waals surface area contributed by atoms with Gasteiger partial charge < -0.3 is 4.74 Å². The first kappa shape index (κ1) is 24.1. The lowest BCUT2D eigenvalue weighted by molar-refractivity contribution is -0.122. The van der Waals surface area contributed by atoms with Crippen LogP contribution in [0.4, 0.5) is 5.69 Å². The number of anilines is 1. The molecule has 1 fully saturated rings. The Morgan fingerprint density at radius 1 is 0.667 bits per heavy atom. The summed E-state index contributed by atoms with van der Waals surface area (Å²) in [6.45, 7) is 0. The summed E-state index contributed by atoms with van der Waals surface area (Å²) in [6.07, 6.45) is 1.39. The normalized spacial score (nSPS) is 15.6. The monoisotopic (exact) mass is 530 g/mol. The molecule has 0 unspecified atom stereocenters. The third-order valence-corrected chi connectivity index (χ3v) is 6.72. The molecule has 1 N–H and O–H groups in total. The zero-order valence-corrected chi connectivity index (χ0v) is 21.0. The van der Waals surface area contributed by atoms with E-state index in [1.165, 1.54) is 23.1 Å². The average molecular weight is 531 g/mol. The molecular weight excluding hydrogens is 512 g/mol. The minimum absolute atomic E-state index is 0.0540. The van der Waals surface area contributed by atoms with E-state index in [0.717, 1.165) is 0 Å². The number of hydrogen-bond acceptors (Lipinski definition) is 6. The summed E-state index contributed by atoms with van der Waals surface area (Å²) >= 11 is 5.30. The number of carbonyl (C=O) groups excluding carboxylic acids is 4. The molecule has 39 heavy (non-hydrogen) atoms. The number of nitrogens with one attached hydrogen (secondary N) is 1. The highest BCUT2D eigenvalue weighted by Crippen LogP contribution is 2.30. The van der Waals surface area contributed by atoms with Crippen molar-refractivity contribution in [3.05, 3.63) is 130 Å². The van der Waals surface area contributed by atoms with E-state index in [0.29, 0.717) is 33.9 Å². The van der Waals surface area contributed by atoms with Gasteiger partial charge in [-0.1, -0.05) is 48.5 Å². The maximum absolute atomic E-state index is 13.5. The van der Waals surface area contributed by atoms with E-state index in [4.69, 9.17) is 17.0 Å². The number of ether oxygens (including phenoxy) is 1. The van der Waals surface area contributed by atoms with Crippen molar-refractivity contribution in [1.29, 1.82) is 0 Å². The molecule has 4 aromatic carbocycles. The summed E-state index contributed by atoms with van der Waals surface area (Å²) in [5.74, 6) is -0.583. The largest absolute Gasteiger partial charge is 0.457 e. The van der Waals surface area contributed by atoms with Crippen molar-refractivity contribution >= 4 is 52.5 Å². The van der Waals surface area contributed by atoms with E-state index >= 15 is 0 Å². The maximum Gasteiger partial charge on any atom is 0.270 e. The molecule has 2 aliphatic rings. The Labute approximate surface area is 228 Å². The van der Waals surface area contributed by atoms with Crippen LogP contribution in [0.5, 0.6) is 11.5 Å². The number of thiocarbonyl (C=S) groups is 1. The van der Waals surface area contributed by atoms with Crippen LogP contribution in [0.2, 0.25) is 0 Å². The molecule has 1 aliphatic heterocycles. The fourth-order valence-corrected chi connectivity index (χ4v) is 4.83. The molecule has 6 rings (SSSR count). The van der Waals surface area contributed by atoms with Crippen LogP contribution in [0.15, 0.2) is 103 Å². The number of amides is 2. The van der Waals surface area contributed by atoms with Crippen LogP contribution in [-0.4, -0.2) is 28.5 Å². The van der Waals surface area contributed by atoms with Gasteiger partial charge in [0.1, 0.15) is 17.1 Å². The lowest BCUT2D eigenvalue weighted by Crippen LogP contribution is -2.54. The maximum atomic E-state index is 13.5. The molecule has 0 spiro atoms.